The second-order valence-electron chi connectivity index (χ2n) is 6.08. The van der Waals surface area contributed by atoms with Crippen molar-refractivity contribution in [3.05, 3.63) is 23.8 Å². The average Bonchev–Trinajstić information content (AvgIpc) is 2.59. The molecule has 0 saturated heterocycles. The average molecular weight is 364 g/mol. The van der Waals surface area contributed by atoms with Crippen LogP contribution in [0.25, 0.3) is 0 Å². The highest BCUT2D eigenvalue weighted by molar-refractivity contribution is 6.00. The van der Waals surface area contributed by atoms with E-state index in [-0.39, 0.29) is 11.5 Å². The van der Waals surface area contributed by atoms with E-state index in [4.69, 9.17) is 9.84 Å². The van der Waals surface area contributed by atoms with Gasteiger partial charge in [0.15, 0.2) is 0 Å². The van der Waals surface area contributed by atoms with E-state index in [1.807, 2.05) is 0 Å². The Morgan fingerprint density at radius 1 is 1.08 bits per heavy atom. The molecule has 144 valence electrons. The lowest BCUT2D eigenvalue weighted by Gasteiger charge is -2.13. The van der Waals surface area contributed by atoms with Crippen LogP contribution in [0.3, 0.4) is 0 Å². The minimum Gasteiger partial charge on any atom is -0.493 e. The maximum atomic E-state index is 12.2. The van der Waals surface area contributed by atoms with Crippen LogP contribution in [-0.2, 0) is 9.59 Å². The summed E-state index contributed by atoms with van der Waals surface area (Å²) in [5, 5.41) is 13.6. The molecule has 0 unspecified atom stereocenters. The number of hydrogen-bond donors (Lipinski definition) is 3. The summed E-state index contributed by atoms with van der Waals surface area (Å²) in [5.74, 6) is -1.58. The Hall–Kier alpha value is -2.57. The van der Waals surface area contributed by atoms with Gasteiger partial charge in [0.1, 0.15) is 12.3 Å². The van der Waals surface area contributed by atoms with Gasteiger partial charge in [-0.2, -0.15) is 0 Å². The Bertz CT molecular complexity index is 616. The van der Waals surface area contributed by atoms with E-state index in [2.05, 4.69) is 17.6 Å². The van der Waals surface area contributed by atoms with Crippen LogP contribution in [0.4, 0.5) is 5.69 Å². The van der Waals surface area contributed by atoms with Crippen LogP contribution in [0.5, 0.6) is 5.75 Å². The molecule has 0 saturated carbocycles. The van der Waals surface area contributed by atoms with Crippen molar-refractivity contribution < 1.29 is 24.2 Å². The highest BCUT2D eigenvalue weighted by atomic mass is 16.5. The van der Waals surface area contributed by atoms with Crippen molar-refractivity contribution in [2.45, 2.75) is 52.4 Å². The van der Waals surface area contributed by atoms with E-state index in [0.29, 0.717) is 18.0 Å². The number of ether oxygens (including phenoxy) is 1. The van der Waals surface area contributed by atoms with E-state index in [1.54, 1.807) is 12.1 Å². The summed E-state index contributed by atoms with van der Waals surface area (Å²) in [5.41, 5.74) is 0.647. The van der Waals surface area contributed by atoms with Crippen LogP contribution in [0.2, 0.25) is 0 Å². The number of nitrogens with one attached hydrogen (secondary N) is 2. The Kier molecular flexibility index (Phi) is 9.82. The zero-order valence-corrected chi connectivity index (χ0v) is 15.5. The summed E-state index contributed by atoms with van der Waals surface area (Å²) in [6.07, 6.45) is 6.75. The van der Waals surface area contributed by atoms with E-state index >= 15 is 0 Å². The minimum atomic E-state index is -1.13. The maximum absolute atomic E-state index is 12.2. The van der Waals surface area contributed by atoms with Gasteiger partial charge in [-0.1, -0.05) is 39.0 Å². The molecule has 2 amide bonds. The van der Waals surface area contributed by atoms with Gasteiger partial charge in [0.25, 0.3) is 5.91 Å². The molecule has 0 fully saturated rings. The first-order valence-corrected chi connectivity index (χ1v) is 8.98. The number of carboxylic acids is 1. The van der Waals surface area contributed by atoms with Crippen molar-refractivity contribution in [3.8, 4) is 5.75 Å². The zero-order valence-electron chi connectivity index (χ0n) is 15.5. The molecule has 1 aromatic carbocycles. The van der Waals surface area contributed by atoms with Crippen molar-refractivity contribution in [1.29, 1.82) is 0 Å². The van der Waals surface area contributed by atoms with Gasteiger partial charge in [-0.3, -0.25) is 14.4 Å². The van der Waals surface area contributed by atoms with Gasteiger partial charge >= 0.3 is 5.97 Å². The van der Waals surface area contributed by atoms with Gasteiger partial charge in [0, 0.05) is 12.6 Å². The fourth-order valence-electron chi connectivity index (χ4n) is 2.43. The zero-order chi connectivity index (χ0) is 19.4. The molecule has 0 aliphatic carbocycles. The minimum absolute atomic E-state index is 0.198. The smallest absolute Gasteiger partial charge is 0.322 e. The predicted octanol–water partition coefficient (Wildman–Crippen LogP) is 3.20. The molecule has 1 aromatic rings. The molecular formula is C19H28N2O5. The molecule has 0 radical (unpaired) electrons. The molecule has 26 heavy (non-hydrogen) atoms. The monoisotopic (exact) mass is 364 g/mol. The molecule has 7 heteroatoms. The lowest BCUT2D eigenvalue weighted by Crippen LogP contribution is -2.29. The second kappa shape index (κ2) is 11.9. The van der Waals surface area contributed by atoms with Gasteiger partial charge < -0.3 is 20.5 Å². The lowest BCUT2D eigenvalue weighted by molar-refractivity contribution is -0.135. The van der Waals surface area contributed by atoms with E-state index < -0.39 is 18.4 Å². The molecule has 0 aliphatic heterocycles. The third kappa shape index (κ3) is 8.50. The van der Waals surface area contributed by atoms with Gasteiger partial charge in [0.2, 0.25) is 5.91 Å². The maximum Gasteiger partial charge on any atom is 0.322 e. The highest BCUT2D eigenvalue weighted by Gasteiger charge is 2.15. The molecule has 0 atom stereocenters. The highest BCUT2D eigenvalue weighted by Crippen LogP contribution is 2.23. The van der Waals surface area contributed by atoms with E-state index in [0.717, 1.165) is 19.3 Å². The molecule has 0 aromatic heterocycles. The fourth-order valence-corrected chi connectivity index (χ4v) is 2.43. The number of aliphatic carboxylic acids is 1. The van der Waals surface area contributed by atoms with E-state index in [1.165, 1.54) is 32.3 Å². The number of carbonyl (C=O) groups excluding carboxylic acids is 2. The van der Waals surface area contributed by atoms with Crippen molar-refractivity contribution in [2.75, 3.05) is 18.5 Å². The molecular weight excluding hydrogens is 336 g/mol. The number of benzene rings is 1. The van der Waals surface area contributed by atoms with Crippen LogP contribution in [-0.4, -0.2) is 36.0 Å². The van der Waals surface area contributed by atoms with Crippen molar-refractivity contribution >= 4 is 23.5 Å². The number of amides is 2. The molecule has 0 spiro atoms. The van der Waals surface area contributed by atoms with Crippen LogP contribution < -0.4 is 15.4 Å². The summed E-state index contributed by atoms with van der Waals surface area (Å²) >= 11 is 0. The van der Waals surface area contributed by atoms with Crippen molar-refractivity contribution in [1.82, 2.24) is 5.32 Å². The summed E-state index contributed by atoms with van der Waals surface area (Å²) in [4.78, 5) is 34.1. The Morgan fingerprint density at radius 3 is 2.42 bits per heavy atom. The van der Waals surface area contributed by atoms with Gasteiger partial charge in [0.05, 0.1) is 12.2 Å². The number of rotatable bonds is 12. The molecule has 1 rings (SSSR count). The second-order valence-corrected chi connectivity index (χ2v) is 6.08. The largest absolute Gasteiger partial charge is 0.493 e. The fraction of sp³-hybridized carbons (Fsp3) is 0.526. The quantitative estimate of drug-likeness (QED) is 0.494. The van der Waals surface area contributed by atoms with Gasteiger partial charge in [-0.05, 0) is 24.6 Å². The normalized spacial score (nSPS) is 10.2. The van der Waals surface area contributed by atoms with Gasteiger partial charge in [-0.25, -0.2) is 0 Å². The number of anilines is 1. The molecule has 0 aliphatic rings. The van der Waals surface area contributed by atoms with Crippen molar-refractivity contribution in [3.63, 3.8) is 0 Å². The summed E-state index contributed by atoms with van der Waals surface area (Å²) in [7, 11) is 0. The van der Waals surface area contributed by atoms with Crippen LogP contribution in [0, 0.1) is 0 Å². The van der Waals surface area contributed by atoms with E-state index in [9.17, 15) is 14.4 Å². The number of unbranched alkanes of at least 4 members (excludes halogenated alkanes) is 5. The third-order valence-corrected chi connectivity index (χ3v) is 3.70. The first kappa shape index (κ1) is 21.5. The topological polar surface area (TPSA) is 105 Å². The summed E-state index contributed by atoms with van der Waals surface area (Å²) < 4.78 is 5.71. The number of carbonyl (C=O) groups is 3. The Labute approximate surface area is 154 Å². The predicted molar refractivity (Wildman–Crippen MR) is 99.6 cm³/mol. The SMILES string of the molecule is CCCCCCCCOc1ccc(NC(C)=O)cc1C(=O)NCC(=O)O. The molecule has 7 nitrogen and oxygen atoms in total. The summed E-state index contributed by atoms with van der Waals surface area (Å²) in [6, 6.07) is 4.74. The Morgan fingerprint density at radius 2 is 1.77 bits per heavy atom. The van der Waals surface area contributed by atoms with Crippen LogP contribution >= 0.6 is 0 Å². The van der Waals surface area contributed by atoms with Crippen LogP contribution in [0.1, 0.15) is 62.7 Å². The first-order chi connectivity index (χ1) is 12.4. The third-order valence-electron chi connectivity index (χ3n) is 3.70. The lowest BCUT2D eigenvalue weighted by atomic mass is 10.1. The standard InChI is InChI=1S/C19H28N2O5/c1-3-4-5-6-7-8-11-26-17-10-9-15(21-14(2)22)12-16(17)19(25)20-13-18(23)24/h9-10,12H,3-8,11,13H2,1-2H3,(H,20,25)(H,21,22)(H,23,24). The Balaban J connectivity index is 2.70. The molecule has 0 heterocycles. The molecule has 3 N–H and O–H groups in total. The van der Waals surface area contributed by atoms with Gasteiger partial charge in [-0.15, -0.1) is 0 Å². The number of carboxylic acid groups (broad SMARTS) is 1. The van der Waals surface area contributed by atoms with Crippen molar-refractivity contribution in [2.24, 2.45) is 0 Å². The molecule has 0 bridgehead atoms. The first-order valence-electron chi connectivity index (χ1n) is 8.98. The van der Waals surface area contributed by atoms with Crippen LogP contribution in [0.15, 0.2) is 18.2 Å². The number of hydrogen-bond acceptors (Lipinski definition) is 4. The summed E-state index contributed by atoms with van der Waals surface area (Å²) in [6.45, 7) is 3.53.